The van der Waals surface area contributed by atoms with Gasteiger partial charge in [0.25, 0.3) is 0 Å². The first kappa shape index (κ1) is 9.47. The molecule has 0 unspecified atom stereocenters. The Hall–Kier alpha value is -0.0800. The standard InChI is InChI=1S/C11H21NO/c1-2-4-6-10(5-3-1)13-11-7-8-12-9-11/h10-12H,1-9H2/t11-/m0/s1. The third kappa shape index (κ3) is 2.96. The summed E-state index contributed by atoms with van der Waals surface area (Å²) in [5, 5.41) is 3.35. The van der Waals surface area contributed by atoms with Gasteiger partial charge in [-0.1, -0.05) is 25.7 Å². The van der Waals surface area contributed by atoms with Crippen LogP contribution in [-0.4, -0.2) is 25.3 Å². The van der Waals surface area contributed by atoms with Gasteiger partial charge in [0.1, 0.15) is 0 Å². The van der Waals surface area contributed by atoms with E-state index >= 15 is 0 Å². The maximum absolute atomic E-state index is 6.07. The van der Waals surface area contributed by atoms with E-state index < -0.39 is 0 Å². The highest BCUT2D eigenvalue weighted by Crippen LogP contribution is 2.22. The first-order valence-electron chi connectivity index (χ1n) is 5.81. The topological polar surface area (TPSA) is 21.3 Å². The van der Waals surface area contributed by atoms with Gasteiger partial charge in [0.2, 0.25) is 0 Å². The first-order chi connectivity index (χ1) is 6.45. The molecule has 0 aromatic heterocycles. The lowest BCUT2D eigenvalue weighted by molar-refractivity contribution is -0.00851. The van der Waals surface area contributed by atoms with Crippen molar-refractivity contribution in [2.45, 2.75) is 57.2 Å². The monoisotopic (exact) mass is 183 g/mol. The first-order valence-corrected chi connectivity index (χ1v) is 5.81. The van der Waals surface area contributed by atoms with Crippen LogP contribution in [0.5, 0.6) is 0 Å². The molecular formula is C11H21NO. The van der Waals surface area contributed by atoms with Crippen LogP contribution in [-0.2, 0) is 4.74 Å². The average Bonchev–Trinajstić information content (AvgIpc) is 2.49. The third-order valence-corrected chi connectivity index (χ3v) is 3.20. The minimum Gasteiger partial charge on any atom is -0.374 e. The van der Waals surface area contributed by atoms with E-state index in [1.165, 1.54) is 44.9 Å². The second-order valence-electron chi connectivity index (χ2n) is 4.36. The predicted molar refractivity (Wildman–Crippen MR) is 53.8 cm³/mol. The van der Waals surface area contributed by atoms with Crippen LogP contribution in [0.3, 0.4) is 0 Å². The van der Waals surface area contributed by atoms with E-state index in [-0.39, 0.29) is 0 Å². The zero-order valence-corrected chi connectivity index (χ0v) is 8.43. The van der Waals surface area contributed by atoms with Crippen molar-refractivity contribution in [3.8, 4) is 0 Å². The van der Waals surface area contributed by atoms with Crippen molar-refractivity contribution in [3.05, 3.63) is 0 Å². The molecule has 0 aromatic carbocycles. The maximum atomic E-state index is 6.07. The molecule has 2 heteroatoms. The molecule has 1 atom stereocenters. The summed E-state index contributed by atoms with van der Waals surface area (Å²) in [6.45, 7) is 2.23. The van der Waals surface area contributed by atoms with E-state index in [0.717, 1.165) is 13.1 Å². The molecule has 0 bridgehead atoms. The molecular weight excluding hydrogens is 162 g/mol. The molecule has 2 fully saturated rings. The summed E-state index contributed by atoms with van der Waals surface area (Å²) in [5.41, 5.74) is 0. The maximum Gasteiger partial charge on any atom is 0.0715 e. The second kappa shape index (κ2) is 4.97. The van der Waals surface area contributed by atoms with Crippen molar-refractivity contribution in [1.29, 1.82) is 0 Å². The number of hydrogen-bond donors (Lipinski definition) is 1. The van der Waals surface area contributed by atoms with Crippen LogP contribution in [0.15, 0.2) is 0 Å². The Morgan fingerprint density at radius 1 is 0.846 bits per heavy atom. The Morgan fingerprint density at radius 2 is 1.62 bits per heavy atom. The fourth-order valence-corrected chi connectivity index (χ4v) is 2.39. The molecule has 0 aromatic rings. The number of rotatable bonds is 2. The molecule has 0 spiro atoms. The van der Waals surface area contributed by atoms with Crippen LogP contribution in [0.2, 0.25) is 0 Å². The Kier molecular flexibility index (Phi) is 3.62. The molecule has 76 valence electrons. The van der Waals surface area contributed by atoms with Crippen molar-refractivity contribution >= 4 is 0 Å². The minimum atomic E-state index is 0.517. The molecule has 1 saturated heterocycles. The van der Waals surface area contributed by atoms with Gasteiger partial charge in [-0.2, -0.15) is 0 Å². The van der Waals surface area contributed by atoms with Gasteiger partial charge in [0.05, 0.1) is 12.2 Å². The number of hydrogen-bond acceptors (Lipinski definition) is 2. The Morgan fingerprint density at radius 3 is 2.23 bits per heavy atom. The zero-order valence-electron chi connectivity index (χ0n) is 8.43. The molecule has 1 heterocycles. The van der Waals surface area contributed by atoms with Crippen molar-refractivity contribution in [2.75, 3.05) is 13.1 Å². The molecule has 1 aliphatic heterocycles. The van der Waals surface area contributed by atoms with Crippen molar-refractivity contribution in [2.24, 2.45) is 0 Å². The fraction of sp³-hybridized carbons (Fsp3) is 1.00. The highest BCUT2D eigenvalue weighted by atomic mass is 16.5. The SMILES string of the molecule is C1CCCC(O[C@H]2CCNC2)CC1. The second-order valence-corrected chi connectivity index (χ2v) is 4.36. The Bertz CT molecular complexity index is 135. The van der Waals surface area contributed by atoms with Gasteiger partial charge in [0.15, 0.2) is 0 Å². The van der Waals surface area contributed by atoms with Gasteiger partial charge in [-0.3, -0.25) is 0 Å². The van der Waals surface area contributed by atoms with Crippen molar-refractivity contribution in [1.82, 2.24) is 5.32 Å². The van der Waals surface area contributed by atoms with Crippen LogP contribution >= 0.6 is 0 Å². The van der Waals surface area contributed by atoms with E-state index in [1.807, 2.05) is 0 Å². The predicted octanol–water partition coefficient (Wildman–Crippen LogP) is 2.09. The number of ether oxygens (including phenoxy) is 1. The normalized spacial score (nSPS) is 31.8. The molecule has 1 aliphatic carbocycles. The quantitative estimate of drug-likeness (QED) is 0.662. The van der Waals surface area contributed by atoms with Crippen molar-refractivity contribution in [3.63, 3.8) is 0 Å². The lowest BCUT2D eigenvalue weighted by atomic mass is 10.1. The summed E-state index contributed by atoms with van der Waals surface area (Å²) in [6.07, 6.45) is 10.5. The zero-order chi connectivity index (χ0) is 8.93. The molecule has 2 rings (SSSR count). The molecule has 2 aliphatic rings. The molecule has 13 heavy (non-hydrogen) atoms. The lowest BCUT2D eigenvalue weighted by Gasteiger charge is -2.19. The van der Waals surface area contributed by atoms with Crippen LogP contribution in [0, 0.1) is 0 Å². The Balaban J connectivity index is 1.71. The van der Waals surface area contributed by atoms with E-state index in [4.69, 9.17) is 4.74 Å². The van der Waals surface area contributed by atoms with Gasteiger partial charge in [0, 0.05) is 6.54 Å². The fourth-order valence-electron chi connectivity index (χ4n) is 2.39. The largest absolute Gasteiger partial charge is 0.374 e. The summed E-state index contributed by atoms with van der Waals surface area (Å²) in [7, 11) is 0. The van der Waals surface area contributed by atoms with Crippen molar-refractivity contribution < 1.29 is 4.74 Å². The Labute approximate surface area is 81.0 Å². The summed E-state index contributed by atoms with van der Waals surface area (Å²) < 4.78 is 6.07. The summed E-state index contributed by atoms with van der Waals surface area (Å²) in [4.78, 5) is 0. The summed E-state index contributed by atoms with van der Waals surface area (Å²) in [5.74, 6) is 0. The molecule has 2 nitrogen and oxygen atoms in total. The van der Waals surface area contributed by atoms with Gasteiger partial charge >= 0.3 is 0 Å². The van der Waals surface area contributed by atoms with Gasteiger partial charge < -0.3 is 10.1 Å². The molecule has 1 saturated carbocycles. The molecule has 0 radical (unpaired) electrons. The summed E-state index contributed by atoms with van der Waals surface area (Å²) in [6, 6.07) is 0. The molecule has 1 N–H and O–H groups in total. The third-order valence-electron chi connectivity index (χ3n) is 3.20. The van der Waals surface area contributed by atoms with Gasteiger partial charge in [-0.15, -0.1) is 0 Å². The van der Waals surface area contributed by atoms with Crippen LogP contribution < -0.4 is 5.32 Å². The van der Waals surface area contributed by atoms with E-state index in [2.05, 4.69) is 5.32 Å². The van der Waals surface area contributed by atoms with E-state index in [0.29, 0.717) is 12.2 Å². The highest BCUT2D eigenvalue weighted by molar-refractivity contribution is 4.74. The number of nitrogens with one attached hydrogen (secondary N) is 1. The van der Waals surface area contributed by atoms with Crippen LogP contribution in [0.25, 0.3) is 0 Å². The smallest absolute Gasteiger partial charge is 0.0715 e. The average molecular weight is 183 g/mol. The van der Waals surface area contributed by atoms with Crippen LogP contribution in [0.1, 0.15) is 44.9 Å². The van der Waals surface area contributed by atoms with Gasteiger partial charge in [-0.05, 0) is 25.8 Å². The lowest BCUT2D eigenvalue weighted by Crippen LogP contribution is -2.23. The van der Waals surface area contributed by atoms with Gasteiger partial charge in [-0.25, -0.2) is 0 Å². The summed E-state index contributed by atoms with van der Waals surface area (Å²) >= 11 is 0. The van der Waals surface area contributed by atoms with E-state index in [1.54, 1.807) is 0 Å². The molecule has 0 amide bonds. The minimum absolute atomic E-state index is 0.517. The van der Waals surface area contributed by atoms with Crippen LogP contribution in [0.4, 0.5) is 0 Å². The highest BCUT2D eigenvalue weighted by Gasteiger charge is 2.20. The van der Waals surface area contributed by atoms with E-state index in [9.17, 15) is 0 Å².